The number of rotatable bonds is 7. The van der Waals surface area contributed by atoms with E-state index in [4.69, 9.17) is 5.73 Å². The fraction of sp³-hybridized carbons (Fsp3) is 0.348. The largest absolute Gasteiger partial charge is 0.345 e. The van der Waals surface area contributed by atoms with Gasteiger partial charge in [0.05, 0.1) is 16.7 Å². The van der Waals surface area contributed by atoms with Gasteiger partial charge in [-0.15, -0.1) is 0 Å². The Morgan fingerprint density at radius 3 is 2.34 bits per heavy atom. The van der Waals surface area contributed by atoms with Crippen molar-refractivity contribution in [1.29, 1.82) is 0 Å². The molecule has 3 amide bonds. The van der Waals surface area contributed by atoms with E-state index < -0.39 is 5.54 Å². The summed E-state index contributed by atoms with van der Waals surface area (Å²) >= 11 is 0. The Kier molecular flexibility index (Phi) is 5.84. The molecule has 1 heterocycles. The van der Waals surface area contributed by atoms with Gasteiger partial charge >= 0.3 is 0 Å². The van der Waals surface area contributed by atoms with E-state index in [0.29, 0.717) is 30.6 Å². The second-order valence-corrected chi connectivity index (χ2v) is 7.99. The molecule has 152 valence electrons. The first kappa shape index (κ1) is 20.7. The summed E-state index contributed by atoms with van der Waals surface area (Å²) in [5, 5.41) is 2.96. The number of carbonyl (C=O) groups excluding carboxylic acids is 3. The lowest BCUT2D eigenvalue weighted by Crippen LogP contribution is -2.55. The van der Waals surface area contributed by atoms with Gasteiger partial charge in [0.25, 0.3) is 17.7 Å². The predicted octanol–water partition coefficient (Wildman–Crippen LogP) is 2.63. The number of hydrogen-bond acceptors (Lipinski definition) is 4. The van der Waals surface area contributed by atoms with Crippen LogP contribution < -0.4 is 11.1 Å². The summed E-state index contributed by atoms with van der Waals surface area (Å²) in [7, 11) is 0. The summed E-state index contributed by atoms with van der Waals surface area (Å²) in [5.74, 6) is -0.845. The van der Waals surface area contributed by atoms with Gasteiger partial charge in [-0.25, -0.2) is 0 Å². The summed E-state index contributed by atoms with van der Waals surface area (Å²) in [6, 6.07) is 14.3. The number of imide groups is 1. The van der Waals surface area contributed by atoms with Gasteiger partial charge in [-0.3, -0.25) is 19.3 Å². The maximum Gasteiger partial charge on any atom is 0.261 e. The van der Waals surface area contributed by atoms with Crippen LogP contribution in [0.5, 0.6) is 0 Å². The van der Waals surface area contributed by atoms with E-state index in [9.17, 15) is 14.4 Å². The Balaban J connectivity index is 1.77. The van der Waals surface area contributed by atoms with Gasteiger partial charge in [0.2, 0.25) is 0 Å². The number of benzene rings is 2. The molecule has 6 heteroatoms. The number of nitrogens with zero attached hydrogens (tertiary/aromatic N) is 1. The molecule has 0 spiro atoms. The fourth-order valence-corrected chi connectivity index (χ4v) is 3.28. The third-order valence-electron chi connectivity index (χ3n) is 5.80. The Morgan fingerprint density at radius 1 is 1.07 bits per heavy atom. The van der Waals surface area contributed by atoms with Crippen molar-refractivity contribution in [1.82, 2.24) is 10.2 Å². The van der Waals surface area contributed by atoms with Crippen LogP contribution in [-0.2, 0) is 6.42 Å². The number of nitrogens with two attached hydrogens (primary N) is 1. The quantitative estimate of drug-likeness (QED) is 0.707. The van der Waals surface area contributed by atoms with Gasteiger partial charge in [-0.05, 0) is 43.0 Å². The number of amides is 3. The lowest BCUT2D eigenvalue weighted by Gasteiger charge is -2.33. The van der Waals surface area contributed by atoms with Crippen molar-refractivity contribution in [2.24, 2.45) is 11.7 Å². The number of hydrogen-bond donors (Lipinski definition) is 2. The topological polar surface area (TPSA) is 92.5 Å². The molecule has 0 bridgehead atoms. The van der Waals surface area contributed by atoms with Crippen LogP contribution in [0.4, 0.5) is 0 Å². The zero-order valence-electron chi connectivity index (χ0n) is 17.1. The molecule has 0 saturated heterocycles. The highest BCUT2D eigenvalue weighted by Gasteiger charge is 2.36. The van der Waals surface area contributed by atoms with Crippen LogP contribution in [0.3, 0.4) is 0 Å². The average molecular weight is 393 g/mol. The van der Waals surface area contributed by atoms with E-state index in [1.165, 1.54) is 11.0 Å². The summed E-state index contributed by atoms with van der Waals surface area (Å²) in [6.45, 7) is 6.47. The summed E-state index contributed by atoms with van der Waals surface area (Å²) in [5.41, 5.74) is 7.29. The van der Waals surface area contributed by atoms with Crippen LogP contribution >= 0.6 is 0 Å². The Bertz CT molecular complexity index is 940. The van der Waals surface area contributed by atoms with Crippen molar-refractivity contribution in [3.8, 4) is 0 Å². The summed E-state index contributed by atoms with van der Waals surface area (Å²) in [4.78, 5) is 39.4. The van der Waals surface area contributed by atoms with Gasteiger partial charge in [-0.2, -0.15) is 0 Å². The smallest absolute Gasteiger partial charge is 0.261 e. The highest BCUT2D eigenvalue weighted by molar-refractivity contribution is 6.22. The van der Waals surface area contributed by atoms with Crippen LogP contribution in [-0.4, -0.2) is 41.2 Å². The van der Waals surface area contributed by atoms with Crippen molar-refractivity contribution in [2.45, 2.75) is 32.7 Å². The number of fused-ring (bicyclic) bond motifs is 1. The van der Waals surface area contributed by atoms with E-state index in [1.807, 2.05) is 51.1 Å². The maximum atomic E-state index is 12.8. The van der Waals surface area contributed by atoms with Gasteiger partial charge in [0.15, 0.2) is 0 Å². The van der Waals surface area contributed by atoms with E-state index >= 15 is 0 Å². The average Bonchev–Trinajstić information content (AvgIpc) is 2.96. The second-order valence-electron chi connectivity index (χ2n) is 7.99. The molecule has 29 heavy (non-hydrogen) atoms. The summed E-state index contributed by atoms with van der Waals surface area (Å²) < 4.78 is 0. The first-order chi connectivity index (χ1) is 13.8. The zero-order chi connectivity index (χ0) is 21.2. The van der Waals surface area contributed by atoms with Crippen LogP contribution in [0.2, 0.25) is 0 Å². The van der Waals surface area contributed by atoms with Crippen LogP contribution in [0.1, 0.15) is 57.4 Å². The van der Waals surface area contributed by atoms with Gasteiger partial charge in [0.1, 0.15) is 0 Å². The molecule has 1 aliphatic heterocycles. The predicted molar refractivity (Wildman–Crippen MR) is 112 cm³/mol. The minimum Gasteiger partial charge on any atom is -0.345 e. The van der Waals surface area contributed by atoms with Crippen molar-refractivity contribution in [3.05, 3.63) is 70.8 Å². The summed E-state index contributed by atoms with van der Waals surface area (Å²) in [6.07, 6.45) is 0.586. The molecule has 1 aliphatic rings. The zero-order valence-corrected chi connectivity index (χ0v) is 17.1. The Hall–Kier alpha value is -2.99. The highest BCUT2D eigenvalue weighted by atomic mass is 16.2. The molecule has 1 unspecified atom stereocenters. The number of carbonyl (C=O) groups is 3. The fourth-order valence-electron chi connectivity index (χ4n) is 3.28. The first-order valence-electron chi connectivity index (χ1n) is 9.83. The van der Waals surface area contributed by atoms with Gasteiger partial charge in [-0.1, -0.05) is 44.2 Å². The van der Waals surface area contributed by atoms with E-state index in [0.717, 1.165) is 5.56 Å². The van der Waals surface area contributed by atoms with Crippen molar-refractivity contribution in [3.63, 3.8) is 0 Å². The SMILES string of the molecule is CC(C)C(C)(CN)NC(=O)c1ccc2c(c1)C(=O)N(CCc1ccccc1)C2=O. The second kappa shape index (κ2) is 8.17. The molecular formula is C23H27N3O3. The lowest BCUT2D eigenvalue weighted by atomic mass is 9.88. The molecule has 2 aromatic rings. The standard InChI is InChI=1S/C23H27N3O3/c1-15(2)23(3,14-24)25-20(27)17-9-10-18-19(13-17)22(29)26(21(18)28)12-11-16-7-5-4-6-8-16/h4-10,13,15H,11-12,14,24H2,1-3H3,(H,25,27). The van der Waals surface area contributed by atoms with Crippen molar-refractivity contribution < 1.29 is 14.4 Å². The lowest BCUT2D eigenvalue weighted by molar-refractivity contribution is 0.0656. The highest BCUT2D eigenvalue weighted by Crippen LogP contribution is 2.25. The molecule has 3 rings (SSSR count). The maximum absolute atomic E-state index is 12.8. The van der Waals surface area contributed by atoms with Gasteiger partial charge < -0.3 is 11.1 Å². The molecule has 0 saturated carbocycles. The monoisotopic (exact) mass is 393 g/mol. The van der Waals surface area contributed by atoms with E-state index in [2.05, 4.69) is 5.32 Å². The van der Waals surface area contributed by atoms with E-state index in [1.54, 1.807) is 12.1 Å². The van der Waals surface area contributed by atoms with Gasteiger partial charge in [0, 0.05) is 18.7 Å². The number of nitrogens with one attached hydrogen (secondary N) is 1. The minimum atomic E-state index is -0.558. The molecule has 0 aromatic heterocycles. The van der Waals surface area contributed by atoms with Crippen LogP contribution in [0.25, 0.3) is 0 Å². The molecule has 0 fully saturated rings. The Labute approximate surface area is 171 Å². The van der Waals surface area contributed by atoms with E-state index in [-0.39, 0.29) is 29.2 Å². The molecule has 0 radical (unpaired) electrons. The third-order valence-corrected chi connectivity index (χ3v) is 5.80. The van der Waals surface area contributed by atoms with Crippen LogP contribution in [0.15, 0.2) is 48.5 Å². The molecule has 6 nitrogen and oxygen atoms in total. The molecule has 3 N–H and O–H groups in total. The first-order valence-corrected chi connectivity index (χ1v) is 9.83. The van der Waals surface area contributed by atoms with Crippen molar-refractivity contribution >= 4 is 17.7 Å². The third kappa shape index (κ3) is 4.07. The normalized spacial score (nSPS) is 15.4. The molecular weight excluding hydrogens is 366 g/mol. The van der Waals surface area contributed by atoms with Crippen LogP contribution in [0, 0.1) is 5.92 Å². The molecule has 2 aromatic carbocycles. The minimum absolute atomic E-state index is 0.141. The Morgan fingerprint density at radius 2 is 1.72 bits per heavy atom. The molecule has 0 aliphatic carbocycles. The van der Waals surface area contributed by atoms with Crippen molar-refractivity contribution in [2.75, 3.05) is 13.1 Å². The molecule has 1 atom stereocenters.